The SMILES string of the molecule is COc1cc2c(cc1C[C@H](C(C)=O)[C@@H]1C[C@H]3c4c(c5ccccc5n4C)C[C@@H]([C@@H]1COC(C)=O)N3C)c1c(n2C)[C@@H]2C[C@H]3C(C(C)=O)=COC[C@H]3[C@H](C1)N2C. The first-order valence-corrected chi connectivity index (χ1v) is 20.0. The molecule has 0 N–H and O–H groups in total. The van der Waals surface area contributed by atoms with Gasteiger partial charge in [0.25, 0.3) is 0 Å². The normalized spacial score (nSPS) is 29.1. The Kier molecular flexibility index (Phi) is 8.81. The van der Waals surface area contributed by atoms with Crippen LogP contribution in [0.5, 0.6) is 5.75 Å². The Morgan fingerprint density at radius 1 is 0.855 bits per heavy atom. The Balaban J connectivity index is 1.11. The minimum Gasteiger partial charge on any atom is -0.500 e. The first kappa shape index (κ1) is 36.2. The summed E-state index contributed by atoms with van der Waals surface area (Å²) in [6, 6.07) is 13.8. The number of Topliss-reactive ketones (excluding diaryl/α,β-unsaturated/α-hetero) is 2. The molecule has 9 rings (SSSR count). The van der Waals surface area contributed by atoms with Crippen molar-refractivity contribution in [2.75, 3.05) is 34.4 Å². The molecule has 0 unspecified atom stereocenters. The number of methoxy groups -OCH3 is 1. The number of rotatable bonds is 8. The van der Waals surface area contributed by atoms with Gasteiger partial charge < -0.3 is 23.3 Å². The van der Waals surface area contributed by atoms with Crippen LogP contribution >= 0.6 is 0 Å². The summed E-state index contributed by atoms with van der Waals surface area (Å²) in [5.74, 6) is 0.882. The molecule has 2 saturated heterocycles. The Bertz CT molecular complexity index is 2280. The van der Waals surface area contributed by atoms with Crippen molar-refractivity contribution in [1.82, 2.24) is 18.9 Å². The van der Waals surface area contributed by atoms with Gasteiger partial charge in [0.2, 0.25) is 0 Å². The highest BCUT2D eigenvalue weighted by Crippen LogP contribution is 2.54. The van der Waals surface area contributed by atoms with Gasteiger partial charge >= 0.3 is 5.97 Å². The van der Waals surface area contributed by atoms with E-state index in [0.717, 1.165) is 48.1 Å². The molecule has 10 nitrogen and oxygen atoms in total. The van der Waals surface area contributed by atoms with Crippen molar-refractivity contribution < 1.29 is 28.6 Å². The number of carbonyl (C=O) groups excluding carboxylic acids is 3. The molecule has 10 heteroatoms. The van der Waals surface area contributed by atoms with E-state index in [-0.39, 0.29) is 77.9 Å². The highest BCUT2D eigenvalue weighted by atomic mass is 16.5. The van der Waals surface area contributed by atoms with Gasteiger partial charge in [-0.1, -0.05) is 18.2 Å². The second-order valence-electron chi connectivity index (χ2n) is 17.2. The van der Waals surface area contributed by atoms with Gasteiger partial charge in [-0.05, 0) is 101 Å². The number of hydrogen-bond donors (Lipinski definition) is 0. The number of piperidine rings is 2. The van der Waals surface area contributed by atoms with Crippen LogP contribution in [0.2, 0.25) is 0 Å². The molecule has 7 heterocycles. The number of carbonyl (C=O) groups is 3. The van der Waals surface area contributed by atoms with Crippen LogP contribution in [-0.2, 0) is 57.2 Å². The summed E-state index contributed by atoms with van der Waals surface area (Å²) in [7, 11) is 10.5. The van der Waals surface area contributed by atoms with Gasteiger partial charge in [0.1, 0.15) is 11.5 Å². The van der Waals surface area contributed by atoms with E-state index < -0.39 is 0 Å². The Morgan fingerprint density at radius 3 is 2.24 bits per heavy atom. The van der Waals surface area contributed by atoms with Gasteiger partial charge in [-0.15, -0.1) is 0 Å². The lowest BCUT2D eigenvalue weighted by Crippen LogP contribution is -2.56. The van der Waals surface area contributed by atoms with Crippen molar-refractivity contribution >= 4 is 39.3 Å². The first-order chi connectivity index (χ1) is 26.4. The summed E-state index contributed by atoms with van der Waals surface area (Å²) in [5.41, 5.74) is 9.59. The van der Waals surface area contributed by atoms with Crippen LogP contribution in [0.3, 0.4) is 0 Å². The fourth-order valence-electron chi connectivity index (χ4n) is 12.2. The third kappa shape index (κ3) is 5.45. The molecule has 290 valence electrons. The standard InChI is InChI=1S/C45H54N4O6/c1-23(50)28(29-15-41-44-32(27-11-9-10-12-37(27)48(44)6)17-39(47(41)5)36(29)22-55-25(3)52)13-26-14-31-33-18-38-35-21-54-20-34(24(2)51)30(35)16-42(46(38)4)45(33)49(7)40(31)19-43(26)53-8/h9-12,14,19-20,28-30,35-36,38-39,41-42H,13,15-18,21-22H2,1-8H3/t28-,29+,30+,35-,36-,38+,39+,41+,42+/m1/s1. The zero-order valence-electron chi connectivity index (χ0n) is 33.4. The largest absolute Gasteiger partial charge is 0.500 e. The minimum atomic E-state index is -0.291. The van der Waals surface area contributed by atoms with E-state index in [9.17, 15) is 14.4 Å². The smallest absolute Gasteiger partial charge is 0.302 e. The maximum Gasteiger partial charge on any atom is 0.302 e. The maximum atomic E-state index is 14.0. The summed E-state index contributed by atoms with van der Waals surface area (Å²) in [5, 5.41) is 2.51. The molecule has 5 aliphatic heterocycles. The first-order valence-electron chi connectivity index (χ1n) is 20.0. The fourth-order valence-corrected chi connectivity index (χ4v) is 12.2. The van der Waals surface area contributed by atoms with E-state index in [4.69, 9.17) is 14.2 Å². The van der Waals surface area contributed by atoms with Gasteiger partial charge in [0.05, 0.1) is 44.2 Å². The van der Waals surface area contributed by atoms with Gasteiger partial charge in [-0.2, -0.15) is 0 Å². The highest BCUT2D eigenvalue weighted by Gasteiger charge is 2.52. The summed E-state index contributed by atoms with van der Waals surface area (Å²) in [6.45, 7) is 5.78. The summed E-state index contributed by atoms with van der Waals surface area (Å²) >= 11 is 0. The molecule has 0 spiro atoms. The fraction of sp³-hybridized carbons (Fsp3) is 0.533. The van der Waals surface area contributed by atoms with Gasteiger partial charge in [-0.3, -0.25) is 24.2 Å². The third-order valence-corrected chi connectivity index (χ3v) is 14.8. The number of allylic oxidation sites excluding steroid dienone is 1. The number of fused-ring (bicyclic) bond motifs is 14. The summed E-state index contributed by atoms with van der Waals surface area (Å²) in [6.07, 6.45) is 5.64. The number of hydrogen-bond acceptors (Lipinski definition) is 8. The molecular formula is C45H54N4O6. The molecule has 5 aliphatic rings. The van der Waals surface area contributed by atoms with Crippen LogP contribution in [0.25, 0.3) is 21.8 Å². The second-order valence-corrected chi connectivity index (χ2v) is 17.2. The molecular weight excluding hydrogens is 693 g/mol. The number of benzene rings is 2. The quantitative estimate of drug-likeness (QED) is 0.195. The van der Waals surface area contributed by atoms with Gasteiger partial charge in [0.15, 0.2) is 5.78 Å². The third-order valence-electron chi connectivity index (χ3n) is 14.8. The van der Waals surface area contributed by atoms with Gasteiger partial charge in [0, 0.05) is 90.2 Å². The monoisotopic (exact) mass is 746 g/mol. The average Bonchev–Trinajstić information content (AvgIpc) is 3.58. The number of nitrogens with zero attached hydrogens (tertiary/aromatic N) is 4. The highest BCUT2D eigenvalue weighted by molar-refractivity contribution is 5.94. The zero-order chi connectivity index (χ0) is 38.6. The number of likely N-dealkylation sites (N-methyl/N-ethyl adjacent to an activating group) is 2. The summed E-state index contributed by atoms with van der Waals surface area (Å²) in [4.78, 5) is 44.1. The van der Waals surface area contributed by atoms with Crippen LogP contribution in [0.15, 0.2) is 48.2 Å². The molecule has 2 aromatic heterocycles. The van der Waals surface area contributed by atoms with Crippen molar-refractivity contribution in [3.8, 4) is 5.75 Å². The molecule has 0 aliphatic carbocycles. The van der Waals surface area contributed by atoms with E-state index in [1.54, 1.807) is 27.2 Å². The summed E-state index contributed by atoms with van der Waals surface area (Å²) < 4.78 is 22.6. The molecule has 0 amide bonds. The van der Waals surface area contributed by atoms with Crippen LogP contribution < -0.4 is 4.74 Å². The van der Waals surface area contributed by atoms with Crippen molar-refractivity contribution in [3.05, 3.63) is 76.3 Å². The van der Waals surface area contributed by atoms with Crippen molar-refractivity contribution in [2.24, 2.45) is 43.7 Å². The van der Waals surface area contributed by atoms with E-state index in [2.05, 4.69) is 83.5 Å². The predicted molar refractivity (Wildman–Crippen MR) is 211 cm³/mol. The molecule has 0 saturated carbocycles. The van der Waals surface area contributed by atoms with Crippen LogP contribution in [0.1, 0.15) is 73.8 Å². The lowest BCUT2D eigenvalue weighted by atomic mass is 9.64. The maximum absolute atomic E-state index is 14.0. The van der Waals surface area contributed by atoms with E-state index in [1.165, 1.54) is 45.7 Å². The molecule has 2 fully saturated rings. The number of ether oxygens (including phenoxy) is 3. The van der Waals surface area contributed by atoms with Crippen molar-refractivity contribution in [3.63, 3.8) is 0 Å². The Hall–Kier alpha value is -4.41. The number of para-hydroxylation sites is 1. The van der Waals surface area contributed by atoms with Crippen LogP contribution in [0.4, 0.5) is 0 Å². The number of ketones is 2. The van der Waals surface area contributed by atoms with Crippen molar-refractivity contribution in [2.45, 2.75) is 77.0 Å². The average molecular weight is 747 g/mol. The minimum absolute atomic E-state index is 0.000860. The number of aryl methyl sites for hydroxylation is 2. The predicted octanol–water partition coefficient (Wildman–Crippen LogP) is 6.26. The molecule has 0 radical (unpaired) electrons. The van der Waals surface area contributed by atoms with Crippen LogP contribution in [-0.4, -0.2) is 83.0 Å². The molecule has 4 bridgehead atoms. The lowest BCUT2D eigenvalue weighted by Gasteiger charge is -2.53. The zero-order valence-corrected chi connectivity index (χ0v) is 33.4. The van der Waals surface area contributed by atoms with E-state index in [1.807, 2.05) is 0 Å². The Morgan fingerprint density at radius 2 is 1.53 bits per heavy atom. The van der Waals surface area contributed by atoms with E-state index in [0.29, 0.717) is 13.0 Å². The van der Waals surface area contributed by atoms with Crippen molar-refractivity contribution in [1.29, 1.82) is 0 Å². The molecule has 2 aromatic carbocycles. The van der Waals surface area contributed by atoms with Gasteiger partial charge in [-0.25, -0.2) is 0 Å². The molecule has 55 heavy (non-hydrogen) atoms. The van der Waals surface area contributed by atoms with E-state index >= 15 is 0 Å². The lowest BCUT2D eigenvalue weighted by molar-refractivity contribution is -0.147. The molecule has 4 aromatic rings. The molecule has 9 atom stereocenters. The topological polar surface area (TPSA) is 95.2 Å². The Labute approximate surface area is 323 Å². The number of esters is 1. The number of aromatic nitrogens is 2. The van der Waals surface area contributed by atoms with Crippen LogP contribution in [0, 0.1) is 29.6 Å². The second kappa shape index (κ2) is 13.4.